The highest BCUT2D eigenvalue weighted by Crippen LogP contribution is 2.40. The Morgan fingerprint density at radius 3 is 2.57 bits per heavy atom. The van der Waals surface area contributed by atoms with Gasteiger partial charge in [-0.3, -0.25) is 0 Å². The third kappa shape index (κ3) is 8.02. The van der Waals surface area contributed by atoms with E-state index in [1.165, 1.54) is 18.5 Å². The maximum atomic E-state index is 15.3. The van der Waals surface area contributed by atoms with Crippen molar-refractivity contribution in [2.24, 2.45) is 0 Å². The number of anilines is 1. The maximum absolute atomic E-state index is 15.3. The standard InChI is InChI=1S/C32H35F3N6O5Si/c1-5-45-30-20(13-36)10-21(14-38-30)23-15-41(19-43-8-9-47(2,3)4)29-27(23)26(6-7-37-29)46-28-24(33)11-22(12-25(28)34)40-31(42)39-16-32(35)17-44-18-32/h6-7,10-12,14-15H,5,8-9,16-19H2,1-4H3,(H2,39,40,42). The van der Waals surface area contributed by atoms with E-state index in [0.717, 1.165) is 18.2 Å². The van der Waals surface area contributed by atoms with E-state index < -0.39 is 37.2 Å². The van der Waals surface area contributed by atoms with Crippen LogP contribution >= 0.6 is 0 Å². The van der Waals surface area contributed by atoms with Crippen LogP contribution in [0.3, 0.4) is 0 Å². The van der Waals surface area contributed by atoms with Gasteiger partial charge in [-0.2, -0.15) is 5.26 Å². The molecule has 5 rings (SSSR count). The van der Waals surface area contributed by atoms with Gasteiger partial charge in [0.15, 0.2) is 23.1 Å². The van der Waals surface area contributed by atoms with Crippen LogP contribution in [0.15, 0.2) is 42.9 Å². The average Bonchev–Trinajstić information content (AvgIpc) is 3.38. The number of carbonyl (C=O) groups excluding carboxylic acids is 1. The Morgan fingerprint density at radius 2 is 1.94 bits per heavy atom. The van der Waals surface area contributed by atoms with Gasteiger partial charge in [-0.05, 0) is 25.1 Å². The highest BCUT2D eigenvalue weighted by atomic mass is 28.3. The number of pyridine rings is 2. The van der Waals surface area contributed by atoms with E-state index in [-0.39, 0.29) is 49.4 Å². The van der Waals surface area contributed by atoms with E-state index >= 15 is 8.78 Å². The molecular weight excluding hydrogens is 633 g/mol. The predicted octanol–water partition coefficient (Wildman–Crippen LogP) is 6.61. The van der Waals surface area contributed by atoms with Crippen molar-refractivity contribution in [2.45, 2.75) is 45.0 Å². The number of aromatic nitrogens is 3. The van der Waals surface area contributed by atoms with Crippen LogP contribution in [0.2, 0.25) is 25.7 Å². The first-order chi connectivity index (χ1) is 22.4. The second kappa shape index (κ2) is 14.0. The summed E-state index contributed by atoms with van der Waals surface area (Å²) in [5, 5.41) is 14.8. The molecular formula is C32H35F3N6O5Si. The Balaban J connectivity index is 1.47. The topological polar surface area (TPSA) is 133 Å². The quantitative estimate of drug-likeness (QED) is 0.120. The number of halogens is 3. The summed E-state index contributed by atoms with van der Waals surface area (Å²) in [6.45, 7) is 8.94. The van der Waals surface area contributed by atoms with Gasteiger partial charge in [0.2, 0.25) is 5.88 Å². The van der Waals surface area contributed by atoms with Crippen molar-refractivity contribution >= 4 is 30.8 Å². The molecule has 0 spiro atoms. The molecule has 3 aromatic heterocycles. The number of nitriles is 1. The molecule has 0 atom stereocenters. The Hall–Kier alpha value is -4.65. The Kier molecular flexibility index (Phi) is 10.0. The first-order valence-electron chi connectivity index (χ1n) is 15.0. The molecule has 4 aromatic rings. The molecule has 0 aliphatic carbocycles. The fourth-order valence-corrected chi connectivity index (χ4v) is 5.50. The first kappa shape index (κ1) is 33.7. The summed E-state index contributed by atoms with van der Waals surface area (Å²) < 4.78 is 68.6. The van der Waals surface area contributed by atoms with Crippen LogP contribution < -0.4 is 20.1 Å². The van der Waals surface area contributed by atoms with Crippen LogP contribution in [0, 0.1) is 23.0 Å². The molecule has 0 saturated carbocycles. The van der Waals surface area contributed by atoms with Gasteiger partial charge >= 0.3 is 6.03 Å². The summed E-state index contributed by atoms with van der Waals surface area (Å²) in [7, 11) is -1.34. The second-order valence-corrected chi connectivity index (χ2v) is 17.9. The molecule has 1 aromatic carbocycles. The lowest BCUT2D eigenvalue weighted by Crippen LogP contribution is -2.54. The minimum Gasteiger partial charge on any atom is -0.477 e. The van der Waals surface area contributed by atoms with E-state index in [1.807, 2.05) is 0 Å². The number of urea groups is 1. The van der Waals surface area contributed by atoms with Gasteiger partial charge < -0.3 is 34.1 Å². The van der Waals surface area contributed by atoms with E-state index in [4.69, 9.17) is 18.9 Å². The normalized spacial score (nSPS) is 13.9. The number of fused-ring (bicyclic) bond motifs is 1. The number of carbonyl (C=O) groups is 1. The zero-order valence-electron chi connectivity index (χ0n) is 26.5. The molecule has 15 heteroatoms. The van der Waals surface area contributed by atoms with Gasteiger partial charge in [-0.25, -0.2) is 27.9 Å². The van der Waals surface area contributed by atoms with Crippen molar-refractivity contribution in [3.05, 3.63) is 60.1 Å². The fourth-order valence-electron chi connectivity index (χ4n) is 4.74. The molecule has 2 N–H and O–H groups in total. The number of nitrogens with zero attached hydrogens (tertiary/aromatic N) is 4. The summed E-state index contributed by atoms with van der Waals surface area (Å²) in [5.41, 5.74) is -0.206. The van der Waals surface area contributed by atoms with Gasteiger partial charge in [-0.1, -0.05) is 19.6 Å². The Morgan fingerprint density at radius 1 is 1.19 bits per heavy atom. The van der Waals surface area contributed by atoms with Crippen LogP contribution in [-0.4, -0.2) is 67.3 Å². The number of amides is 2. The van der Waals surface area contributed by atoms with Crippen molar-refractivity contribution in [3.63, 3.8) is 0 Å². The maximum Gasteiger partial charge on any atom is 0.319 e. The van der Waals surface area contributed by atoms with Crippen LogP contribution in [0.1, 0.15) is 12.5 Å². The summed E-state index contributed by atoms with van der Waals surface area (Å²) in [6.07, 6.45) is 4.73. The number of hydrogen-bond acceptors (Lipinski definition) is 8. The number of hydrogen-bond donors (Lipinski definition) is 2. The molecule has 0 radical (unpaired) electrons. The molecule has 1 aliphatic rings. The molecule has 0 bridgehead atoms. The van der Waals surface area contributed by atoms with Crippen molar-refractivity contribution in [2.75, 3.05) is 38.3 Å². The van der Waals surface area contributed by atoms with Gasteiger partial charge in [0, 0.05) is 62.2 Å². The number of ether oxygens (including phenoxy) is 4. The minimum atomic E-state index is -1.67. The average molecular weight is 669 g/mol. The van der Waals surface area contributed by atoms with Crippen LogP contribution in [0.4, 0.5) is 23.7 Å². The number of rotatable bonds is 13. The van der Waals surface area contributed by atoms with Crippen molar-refractivity contribution in [1.82, 2.24) is 19.9 Å². The molecule has 4 heterocycles. The van der Waals surface area contributed by atoms with Crippen molar-refractivity contribution in [3.8, 4) is 34.6 Å². The smallest absolute Gasteiger partial charge is 0.319 e. The van der Waals surface area contributed by atoms with Gasteiger partial charge in [0.1, 0.15) is 29.8 Å². The second-order valence-electron chi connectivity index (χ2n) is 12.3. The minimum absolute atomic E-state index is 0.0745. The highest BCUT2D eigenvalue weighted by Gasteiger charge is 2.39. The van der Waals surface area contributed by atoms with Gasteiger partial charge in [0.05, 0.1) is 31.8 Å². The fraction of sp³-hybridized carbons (Fsp3) is 0.375. The number of alkyl halides is 1. The lowest BCUT2D eigenvalue weighted by molar-refractivity contribution is -0.125. The molecule has 11 nitrogen and oxygen atoms in total. The van der Waals surface area contributed by atoms with Crippen LogP contribution in [-0.2, 0) is 16.2 Å². The predicted molar refractivity (Wildman–Crippen MR) is 171 cm³/mol. The number of nitrogens with one attached hydrogen (secondary N) is 2. The lowest BCUT2D eigenvalue weighted by atomic mass is 10.1. The summed E-state index contributed by atoms with van der Waals surface area (Å²) >= 11 is 0. The summed E-state index contributed by atoms with van der Waals surface area (Å²) in [4.78, 5) is 21.0. The molecule has 248 valence electrons. The number of benzene rings is 1. The molecule has 1 aliphatic heterocycles. The summed E-state index contributed by atoms with van der Waals surface area (Å²) in [5.74, 6) is -2.65. The van der Waals surface area contributed by atoms with Crippen LogP contribution in [0.25, 0.3) is 22.2 Å². The monoisotopic (exact) mass is 668 g/mol. The molecule has 0 unspecified atom stereocenters. The van der Waals surface area contributed by atoms with E-state index in [2.05, 4.69) is 46.3 Å². The Labute approximate surface area is 270 Å². The van der Waals surface area contributed by atoms with Gasteiger partial charge in [-0.15, -0.1) is 0 Å². The summed E-state index contributed by atoms with van der Waals surface area (Å²) in [6, 6.07) is 7.06. The van der Waals surface area contributed by atoms with Crippen LogP contribution in [0.5, 0.6) is 17.4 Å². The van der Waals surface area contributed by atoms with Crippen molar-refractivity contribution < 1.29 is 36.9 Å². The molecule has 1 fully saturated rings. The van der Waals surface area contributed by atoms with Gasteiger partial charge in [0.25, 0.3) is 0 Å². The lowest BCUT2D eigenvalue weighted by Gasteiger charge is -2.33. The van der Waals surface area contributed by atoms with Crippen molar-refractivity contribution in [1.29, 1.82) is 5.26 Å². The molecule has 1 saturated heterocycles. The zero-order chi connectivity index (χ0) is 33.8. The van der Waals surface area contributed by atoms with E-state index in [9.17, 15) is 14.4 Å². The first-order valence-corrected chi connectivity index (χ1v) is 18.7. The molecule has 2 amide bonds. The molecule has 47 heavy (non-hydrogen) atoms. The SMILES string of the molecule is CCOc1ncc(-c2cn(COCC[Si](C)(C)C)c3nccc(Oc4c(F)cc(NC(=O)NCC5(F)COC5)cc4F)c23)cc1C#N. The third-order valence-corrected chi connectivity index (χ3v) is 8.97. The highest BCUT2D eigenvalue weighted by molar-refractivity contribution is 6.76. The zero-order valence-corrected chi connectivity index (χ0v) is 27.5. The Bertz CT molecular complexity index is 1800. The largest absolute Gasteiger partial charge is 0.477 e. The van der Waals surface area contributed by atoms with E-state index in [0.29, 0.717) is 35.4 Å². The van der Waals surface area contributed by atoms with E-state index in [1.54, 1.807) is 23.8 Å². The third-order valence-electron chi connectivity index (χ3n) is 7.26.